The summed E-state index contributed by atoms with van der Waals surface area (Å²) in [5.74, 6) is 0. The molecule has 1 aliphatic carbocycles. The molecule has 19 heavy (non-hydrogen) atoms. The Kier molecular flexibility index (Phi) is 3.26. The molecule has 2 aromatic carbocycles. The lowest BCUT2D eigenvalue weighted by atomic mass is 9.90. The average Bonchev–Trinajstić information content (AvgIpc) is 2.88. The number of hydrogen-bond donors (Lipinski definition) is 2. The summed E-state index contributed by atoms with van der Waals surface area (Å²) in [6.07, 6.45) is 3.94. The second-order valence-corrected chi connectivity index (χ2v) is 5.28. The molecular weight excluding hydrogens is 234 g/mol. The largest absolute Gasteiger partial charge is 0.385 e. The van der Waals surface area contributed by atoms with Crippen LogP contribution in [0.4, 0.5) is 11.4 Å². The van der Waals surface area contributed by atoms with E-state index in [9.17, 15) is 5.11 Å². The zero-order valence-electron chi connectivity index (χ0n) is 11.0. The van der Waals surface area contributed by atoms with Crippen LogP contribution in [-0.2, 0) is 5.60 Å². The molecule has 0 spiro atoms. The molecule has 3 rings (SSSR count). The number of nitrogens with one attached hydrogen (secondary N) is 1. The lowest BCUT2D eigenvalue weighted by molar-refractivity contribution is 0.0452. The highest BCUT2D eigenvalue weighted by Crippen LogP contribution is 2.42. The van der Waals surface area contributed by atoms with Crippen molar-refractivity contribution < 1.29 is 5.11 Å². The van der Waals surface area contributed by atoms with Crippen LogP contribution in [0.1, 0.15) is 31.2 Å². The van der Waals surface area contributed by atoms with E-state index in [1.54, 1.807) is 0 Å². The second kappa shape index (κ2) is 5.06. The van der Waals surface area contributed by atoms with Gasteiger partial charge in [0.2, 0.25) is 0 Å². The predicted octanol–water partition coefficient (Wildman–Crippen LogP) is 4.19. The summed E-state index contributed by atoms with van der Waals surface area (Å²) >= 11 is 0. The lowest BCUT2D eigenvalue weighted by Crippen LogP contribution is -2.22. The van der Waals surface area contributed by atoms with E-state index < -0.39 is 5.60 Å². The maximum Gasteiger partial charge on any atom is 0.0916 e. The van der Waals surface area contributed by atoms with Crippen molar-refractivity contribution in [3.8, 4) is 0 Å². The topological polar surface area (TPSA) is 32.3 Å². The van der Waals surface area contributed by atoms with E-state index in [0.717, 1.165) is 42.6 Å². The van der Waals surface area contributed by atoms with E-state index >= 15 is 0 Å². The fraction of sp³-hybridized carbons (Fsp3) is 0.294. The lowest BCUT2D eigenvalue weighted by Gasteiger charge is -2.26. The first-order valence-electron chi connectivity index (χ1n) is 6.92. The van der Waals surface area contributed by atoms with Crippen LogP contribution in [0.5, 0.6) is 0 Å². The maximum absolute atomic E-state index is 10.8. The molecule has 2 heteroatoms. The van der Waals surface area contributed by atoms with E-state index in [-0.39, 0.29) is 0 Å². The van der Waals surface area contributed by atoms with Gasteiger partial charge in [-0.15, -0.1) is 0 Å². The summed E-state index contributed by atoms with van der Waals surface area (Å²) in [6.45, 7) is 0. The minimum Gasteiger partial charge on any atom is -0.385 e. The molecule has 0 bridgehead atoms. The Labute approximate surface area is 114 Å². The summed E-state index contributed by atoms with van der Waals surface area (Å²) in [7, 11) is 0. The molecule has 2 aromatic rings. The zero-order valence-corrected chi connectivity index (χ0v) is 11.0. The van der Waals surface area contributed by atoms with E-state index in [1.807, 2.05) is 54.6 Å². The van der Waals surface area contributed by atoms with Crippen LogP contribution in [0.25, 0.3) is 0 Å². The van der Waals surface area contributed by atoms with E-state index in [4.69, 9.17) is 0 Å². The zero-order chi connectivity index (χ0) is 13.1. The maximum atomic E-state index is 10.8. The fourth-order valence-corrected chi connectivity index (χ4v) is 2.90. The molecule has 0 radical (unpaired) electrons. The molecule has 1 saturated carbocycles. The van der Waals surface area contributed by atoms with Gasteiger partial charge in [0, 0.05) is 16.9 Å². The molecule has 1 aliphatic rings. The second-order valence-electron chi connectivity index (χ2n) is 5.28. The Balaban J connectivity index is 1.94. The van der Waals surface area contributed by atoms with Gasteiger partial charge in [0.25, 0.3) is 0 Å². The van der Waals surface area contributed by atoms with Crippen molar-refractivity contribution in [1.82, 2.24) is 0 Å². The van der Waals surface area contributed by atoms with Gasteiger partial charge < -0.3 is 10.4 Å². The van der Waals surface area contributed by atoms with Crippen LogP contribution >= 0.6 is 0 Å². The smallest absolute Gasteiger partial charge is 0.0916 e. The first-order valence-corrected chi connectivity index (χ1v) is 6.92. The van der Waals surface area contributed by atoms with Crippen molar-refractivity contribution in [2.45, 2.75) is 31.3 Å². The molecule has 0 saturated heterocycles. The van der Waals surface area contributed by atoms with Crippen LogP contribution in [0.15, 0.2) is 54.6 Å². The van der Waals surface area contributed by atoms with Gasteiger partial charge in [-0.25, -0.2) is 0 Å². The number of para-hydroxylation sites is 2. The van der Waals surface area contributed by atoms with Gasteiger partial charge in [-0.1, -0.05) is 49.2 Å². The van der Waals surface area contributed by atoms with E-state index in [2.05, 4.69) is 5.32 Å². The molecule has 0 aliphatic heterocycles. The SMILES string of the molecule is OC1(c2ccccc2Nc2ccccc2)CCCC1. The van der Waals surface area contributed by atoms with Crippen molar-refractivity contribution in [3.63, 3.8) is 0 Å². The molecule has 0 atom stereocenters. The third-order valence-corrected chi connectivity index (χ3v) is 3.91. The van der Waals surface area contributed by atoms with Crippen molar-refractivity contribution >= 4 is 11.4 Å². The summed E-state index contributed by atoms with van der Waals surface area (Å²) in [5, 5.41) is 14.2. The molecule has 98 valence electrons. The van der Waals surface area contributed by atoms with E-state index in [0.29, 0.717) is 0 Å². The molecule has 0 unspecified atom stereocenters. The molecule has 0 amide bonds. The minimum absolute atomic E-state index is 0.654. The Morgan fingerprint density at radius 2 is 1.47 bits per heavy atom. The van der Waals surface area contributed by atoms with Crippen LogP contribution < -0.4 is 5.32 Å². The quantitative estimate of drug-likeness (QED) is 0.859. The van der Waals surface area contributed by atoms with Gasteiger partial charge in [0.1, 0.15) is 0 Å². The highest BCUT2D eigenvalue weighted by Gasteiger charge is 2.34. The Hall–Kier alpha value is -1.80. The third-order valence-electron chi connectivity index (χ3n) is 3.91. The Morgan fingerprint density at radius 1 is 0.842 bits per heavy atom. The minimum atomic E-state index is -0.654. The summed E-state index contributed by atoms with van der Waals surface area (Å²) in [6, 6.07) is 18.2. The Bertz CT molecular complexity index is 544. The van der Waals surface area contributed by atoms with Crippen LogP contribution in [0.2, 0.25) is 0 Å². The van der Waals surface area contributed by atoms with Crippen molar-refractivity contribution in [1.29, 1.82) is 0 Å². The van der Waals surface area contributed by atoms with Gasteiger partial charge in [-0.3, -0.25) is 0 Å². The van der Waals surface area contributed by atoms with Crippen molar-refractivity contribution in [3.05, 3.63) is 60.2 Å². The molecule has 2 N–H and O–H groups in total. The monoisotopic (exact) mass is 253 g/mol. The molecular formula is C17H19NO. The first kappa shape index (κ1) is 12.2. The van der Waals surface area contributed by atoms with Gasteiger partial charge in [0.15, 0.2) is 0 Å². The summed E-state index contributed by atoms with van der Waals surface area (Å²) < 4.78 is 0. The normalized spacial score (nSPS) is 17.3. The van der Waals surface area contributed by atoms with Crippen LogP contribution in [0.3, 0.4) is 0 Å². The van der Waals surface area contributed by atoms with Crippen LogP contribution in [-0.4, -0.2) is 5.11 Å². The third kappa shape index (κ3) is 2.49. The number of hydrogen-bond acceptors (Lipinski definition) is 2. The van der Waals surface area contributed by atoms with E-state index in [1.165, 1.54) is 0 Å². The molecule has 2 nitrogen and oxygen atoms in total. The standard InChI is InChI=1S/C17H19NO/c19-17(12-6-7-13-17)15-10-4-5-11-16(15)18-14-8-2-1-3-9-14/h1-5,8-11,18-19H,6-7,12-13H2. The van der Waals surface area contributed by atoms with Gasteiger partial charge in [-0.05, 0) is 31.0 Å². The number of aliphatic hydroxyl groups is 1. The fourth-order valence-electron chi connectivity index (χ4n) is 2.90. The molecule has 1 fully saturated rings. The van der Waals surface area contributed by atoms with Gasteiger partial charge in [0.05, 0.1) is 5.60 Å². The Morgan fingerprint density at radius 3 is 2.21 bits per heavy atom. The van der Waals surface area contributed by atoms with Crippen LogP contribution in [0, 0.1) is 0 Å². The van der Waals surface area contributed by atoms with Crippen molar-refractivity contribution in [2.75, 3.05) is 5.32 Å². The highest BCUT2D eigenvalue weighted by atomic mass is 16.3. The molecule has 0 heterocycles. The predicted molar refractivity (Wildman–Crippen MR) is 78.5 cm³/mol. The molecule has 0 aromatic heterocycles. The first-order chi connectivity index (χ1) is 9.28. The highest BCUT2D eigenvalue weighted by molar-refractivity contribution is 5.64. The number of rotatable bonds is 3. The summed E-state index contributed by atoms with van der Waals surface area (Å²) in [5.41, 5.74) is 2.43. The number of benzene rings is 2. The van der Waals surface area contributed by atoms with Gasteiger partial charge in [-0.2, -0.15) is 0 Å². The average molecular weight is 253 g/mol. The van der Waals surface area contributed by atoms with Gasteiger partial charge >= 0.3 is 0 Å². The summed E-state index contributed by atoms with van der Waals surface area (Å²) in [4.78, 5) is 0. The number of anilines is 2. The van der Waals surface area contributed by atoms with Crippen molar-refractivity contribution in [2.24, 2.45) is 0 Å².